The number of pyridine rings is 2. The van der Waals surface area contributed by atoms with Gasteiger partial charge in [-0.15, -0.1) is 5.53 Å². The minimum Gasteiger partial charge on any atom is -1.00 e. The van der Waals surface area contributed by atoms with Crippen molar-refractivity contribution in [1.29, 1.82) is 0 Å². The van der Waals surface area contributed by atoms with Gasteiger partial charge in [0, 0.05) is 69.7 Å². The number of hydrogen-bond donors (Lipinski definition) is 6. The number of nitrogens with two attached hydrogens (primary N) is 4. The summed E-state index contributed by atoms with van der Waals surface area (Å²) in [5.74, 6) is 0. The molecule has 0 saturated carbocycles. The lowest BCUT2D eigenvalue weighted by Crippen LogP contribution is -3.00. The number of nitrogens with zero attached hydrogens (tertiary/aromatic N) is 2. The fourth-order valence-electron chi connectivity index (χ4n) is 7.91. The third-order valence-corrected chi connectivity index (χ3v) is 10.5. The summed E-state index contributed by atoms with van der Waals surface area (Å²) in [7, 11) is 0. The molecule has 0 aliphatic heterocycles. The van der Waals surface area contributed by atoms with Crippen LogP contribution in [0.3, 0.4) is 0 Å². The lowest BCUT2D eigenvalue weighted by atomic mass is 9.98. The van der Waals surface area contributed by atoms with Crippen LogP contribution in [0.1, 0.15) is 38.5 Å². The van der Waals surface area contributed by atoms with Gasteiger partial charge in [0.25, 0.3) is 5.69 Å². The molecule has 8 rings (SSSR count). The van der Waals surface area contributed by atoms with Crippen molar-refractivity contribution in [3.63, 3.8) is 0 Å². The summed E-state index contributed by atoms with van der Waals surface area (Å²) in [6.07, 6.45) is 6.77. The number of halogens is 2. The van der Waals surface area contributed by atoms with E-state index >= 15 is 0 Å². The van der Waals surface area contributed by atoms with Crippen molar-refractivity contribution in [2.45, 2.75) is 45.1 Å². The average Bonchev–Trinajstić information content (AvgIpc) is 3.18. The molecular weight excluding hydrogens is 735 g/mol. The van der Waals surface area contributed by atoms with Crippen molar-refractivity contribution in [1.82, 2.24) is 5.43 Å². The third-order valence-electron chi connectivity index (χ3n) is 10.5. The van der Waals surface area contributed by atoms with Crippen LogP contribution in [-0.4, -0.2) is 6.54 Å². The van der Waals surface area contributed by atoms with Gasteiger partial charge in [0.2, 0.25) is 16.7 Å². The molecule has 2 aromatic heterocycles. The summed E-state index contributed by atoms with van der Waals surface area (Å²) in [6, 6.07) is 45.7. The highest BCUT2D eigenvalue weighted by molar-refractivity contribution is 6.11. The van der Waals surface area contributed by atoms with Gasteiger partial charge >= 0.3 is 0 Å². The molecular formula is C46H48Cl2N8. The van der Waals surface area contributed by atoms with E-state index in [-0.39, 0.29) is 24.8 Å². The molecule has 56 heavy (non-hydrogen) atoms. The summed E-state index contributed by atoms with van der Waals surface area (Å²) in [5.41, 5.74) is 42.0. The molecule has 2 heterocycles. The largest absolute Gasteiger partial charge is 1.00 e. The highest BCUT2D eigenvalue weighted by atomic mass is 35.5. The molecule has 10 heteroatoms. The van der Waals surface area contributed by atoms with E-state index in [4.69, 9.17) is 22.9 Å². The standard InChI is InChI=1S/C46H46N8.2ClH/c47-33-17-21-37-39-23-19-35(49)29-43(39)53(45(41(37)27-33)31-13-7-5-8-14-31)26-12-4-2-1-3-11-25-51-52-54-44-30-36(50)20-24-40(44)38-22-18-34(48)28-42(38)46(54)32-15-9-6-10-16-32;;/h5-10,13-24,27-30,49-52H,1-4,11-12,25-26,47-48H2;2*1H. The summed E-state index contributed by atoms with van der Waals surface area (Å²) in [5, 5.41) is 6.86. The van der Waals surface area contributed by atoms with Gasteiger partial charge in [0.1, 0.15) is 6.54 Å². The highest BCUT2D eigenvalue weighted by Crippen LogP contribution is 2.35. The van der Waals surface area contributed by atoms with Crippen LogP contribution in [0.25, 0.3) is 65.9 Å². The second-order valence-electron chi connectivity index (χ2n) is 14.2. The molecule has 0 fully saturated rings. The van der Waals surface area contributed by atoms with Crippen LogP contribution in [0.5, 0.6) is 0 Å². The van der Waals surface area contributed by atoms with Crippen molar-refractivity contribution in [2.75, 3.05) is 35.0 Å². The van der Waals surface area contributed by atoms with Crippen LogP contribution >= 0.6 is 0 Å². The van der Waals surface area contributed by atoms with Crippen LogP contribution in [0, 0.1) is 0 Å². The van der Waals surface area contributed by atoms with E-state index in [1.54, 1.807) is 0 Å². The predicted molar refractivity (Wildman–Crippen MR) is 227 cm³/mol. The molecule has 0 spiro atoms. The number of hydrazine groups is 1. The van der Waals surface area contributed by atoms with Crippen LogP contribution in [0.2, 0.25) is 0 Å². The Bertz CT molecular complexity index is 2430. The normalized spacial score (nSPS) is 11.1. The lowest BCUT2D eigenvalue weighted by Gasteiger charge is -2.14. The Labute approximate surface area is 340 Å². The SMILES string of the molecule is Nc1ccc2c(c1)c(-c1ccccc1)[n+](CCCCCCCCNN[n+]1c(-c3ccccc3)c3cc(N)ccc3c3ccc(N)cc31)c1cc(N)ccc21.[Cl-].[Cl-]. The van der Waals surface area contributed by atoms with E-state index in [1.165, 1.54) is 34.9 Å². The Morgan fingerprint density at radius 3 is 1.45 bits per heavy atom. The number of nitrogen functional groups attached to an aromatic ring is 4. The molecule has 0 atom stereocenters. The Balaban J connectivity index is 0.00000266. The first-order chi connectivity index (χ1) is 26.5. The maximum absolute atomic E-state index is 6.37. The highest BCUT2D eigenvalue weighted by Gasteiger charge is 2.25. The first kappa shape index (κ1) is 39.9. The minimum absolute atomic E-state index is 0. The maximum Gasteiger partial charge on any atom is 0.252 e. The van der Waals surface area contributed by atoms with Gasteiger partial charge in [0.15, 0.2) is 0 Å². The second kappa shape index (κ2) is 17.8. The molecule has 8 aromatic rings. The fourth-order valence-corrected chi connectivity index (χ4v) is 7.91. The molecule has 6 aromatic carbocycles. The zero-order chi connectivity index (χ0) is 37.0. The Hall–Kier alpha value is -5.80. The van der Waals surface area contributed by atoms with Crippen LogP contribution < -0.4 is 68.0 Å². The molecule has 286 valence electrons. The first-order valence-electron chi connectivity index (χ1n) is 19.0. The van der Waals surface area contributed by atoms with Gasteiger partial charge in [-0.1, -0.05) is 72.5 Å². The van der Waals surface area contributed by atoms with Gasteiger partial charge in [-0.05, 0) is 85.6 Å². The molecule has 0 aliphatic carbocycles. The number of benzene rings is 6. The van der Waals surface area contributed by atoms with E-state index in [9.17, 15) is 0 Å². The zero-order valence-electron chi connectivity index (χ0n) is 31.3. The zero-order valence-corrected chi connectivity index (χ0v) is 32.8. The number of unbranched alkanes of at least 4 members (excludes halogenated alkanes) is 5. The molecule has 8 nitrogen and oxygen atoms in total. The first-order valence-corrected chi connectivity index (χ1v) is 19.0. The predicted octanol–water partition coefficient (Wildman–Crippen LogP) is 2.63. The van der Waals surface area contributed by atoms with E-state index in [2.05, 4.69) is 117 Å². The molecule has 10 N–H and O–H groups in total. The third kappa shape index (κ3) is 8.09. The van der Waals surface area contributed by atoms with Gasteiger partial charge < -0.3 is 47.7 Å². The van der Waals surface area contributed by atoms with Crippen LogP contribution in [0.4, 0.5) is 22.7 Å². The van der Waals surface area contributed by atoms with Crippen molar-refractivity contribution in [3.05, 3.63) is 133 Å². The quantitative estimate of drug-likeness (QED) is 0.0350. The molecule has 0 saturated heterocycles. The van der Waals surface area contributed by atoms with E-state index in [0.717, 1.165) is 99.7 Å². The van der Waals surface area contributed by atoms with Crippen molar-refractivity contribution < 1.29 is 34.1 Å². The van der Waals surface area contributed by atoms with Gasteiger partial charge in [-0.2, -0.15) is 9.99 Å². The topological polar surface area (TPSA) is 136 Å². The maximum atomic E-state index is 6.37. The number of aryl methyl sites for hydroxylation is 1. The number of aromatic nitrogens is 2. The molecule has 0 bridgehead atoms. The molecule has 0 amide bonds. The number of rotatable bonds is 13. The van der Waals surface area contributed by atoms with Gasteiger partial charge in [-0.3, -0.25) is 0 Å². The number of anilines is 4. The molecule has 0 radical (unpaired) electrons. The summed E-state index contributed by atoms with van der Waals surface area (Å²) < 4.78 is 4.57. The van der Waals surface area contributed by atoms with Gasteiger partial charge in [0.05, 0.1) is 21.5 Å². The summed E-state index contributed by atoms with van der Waals surface area (Å²) in [4.78, 5) is 0. The van der Waals surface area contributed by atoms with Gasteiger partial charge in [-0.25, -0.2) is 0 Å². The monoisotopic (exact) mass is 782 g/mol. The summed E-state index contributed by atoms with van der Waals surface area (Å²) in [6.45, 7) is 1.72. The van der Waals surface area contributed by atoms with E-state index in [0.29, 0.717) is 5.69 Å². The average molecular weight is 784 g/mol. The lowest BCUT2D eigenvalue weighted by molar-refractivity contribution is -0.659. The number of hydrogen-bond acceptors (Lipinski definition) is 6. The fraction of sp³-hybridized carbons (Fsp3) is 0.174. The molecule has 0 unspecified atom stereocenters. The van der Waals surface area contributed by atoms with Crippen molar-refractivity contribution >= 4 is 66.1 Å². The Kier molecular flexibility index (Phi) is 12.7. The van der Waals surface area contributed by atoms with Crippen LogP contribution in [0.15, 0.2) is 133 Å². The second-order valence-corrected chi connectivity index (χ2v) is 14.2. The van der Waals surface area contributed by atoms with E-state index in [1.807, 2.05) is 36.4 Å². The smallest absolute Gasteiger partial charge is 0.252 e. The number of fused-ring (bicyclic) bond motifs is 6. The van der Waals surface area contributed by atoms with Crippen molar-refractivity contribution in [2.24, 2.45) is 0 Å². The summed E-state index contributed by atoms with van der Waals surface area (Å²) >= 11 is 0. The Morgan fingerprint density at radius 1 is 0.411 bits per heavy atom. The Morgan fingerprint density at radius 2 is 0.857 bits per heavy atom. The van der Waals surface area contributed by atoms with Crippen LogP contribution in [-0.2, 0) is 6.54 Å². The van der Waals surface area contributed by atoms with Crippen molar-refractivity contribution in [3.8, 4) is 22.5 Å². The molecule has 0 aliphatic rings. The van der Waals surface area contributed by atoms with E-state index < -0.39 is 0 Å². The minimum atomic E-state index is 0. The number of nitrogens with one attached hydrogen (secondary N) is 2.